The fraction of sp³-hybridized carbons (Fsp3) is 0.636. The minimum absolute atomic E-state index is 0.498. The van der Waals surface area contributed by atoms with Crippen molar-refractivity contribution < 1.29 is 0 Å². The molecular weight excluding hydrogens is 210 g/mol. The number of halogens is 1. The van der Waals surface area contributed by atoms with Crippen LogP contribution in [0, 0.1) is 18.3 Å². The summed E-state index contributed by atoms with van der Waals surface area (Å²) in [4.78, 5) is 8.10. The third-order valence-corrected chi connectivity index (χ3v) is 3.64. The van der Waals surface area contributed by atoms with E-state index in [9.17, 15) is 0 Å². The van der Waals surface area contributed by atoms with Crippen molar-refractivity contribution in [3.63, 3.8) is 0 Å². The molecule has 2 rings (SSSR count). The summed E-state index contributed by atoms with van der Waals surface area (Å²) in [6, 6.07) is 0. The lowest BCUT2D eigenvalue weighted by molar-refractivity contribution is 0.572. The van der Waals surface area contributed by atoms with Gasteiger partial charge in [-0.05, 0) is 24.7 Å². The van der Waals surface area contributed by atoms with Crippen molar-refractivity contribution in [2.45, 2.75) is 27.2 Å². The smallest absolute Gasteiger partial charge is 0.137 e. The van der Waals surface area contributed by atoms with Crippen molar-refractivity contribution in [1.82, 2.24) is 9.97 Å². The summed E-state index contributed by atoms with van der Waals surface area (Å²) < 4.78 is 0. The first-order valence-electron chi connectivity index (χ1n) is 5.21. The number of anilines is 1. The Balaban J connectivity index is 1.97. The van der Waals surface area contributed by atoms with Gasteiger partial charge in [0, 0.05) is 12.1 Å². The Morgan fingerprint density at radius 3 is 2.80 bits per heavy atom. The summed E-state index contributed by atoms with van der Waals surface area (Å²) in [6.07, 6.45) is 2.79. The van der Waals surface area contributed by atoms with Crippen molar-refractivity contribution in [2.24, 2.45) is 11.3 Å². The van der Waals surface area contributed by atoms with E-state index in [1.807, 2.05) is 6.92 Å². The number of nitrogens with zero attached hydrogens (tertiary/aromatic N) is 2. The third kappa shape index (κ3) is 2.23. The highest BCUT2D eigenvalue weighted by Gasteiger charge is 2.45. The number of nitrogens with one attached hydrogen (secondary N) is 1. The van der Waals surface area contributed by atoms with Crippen molar-refractivity contribution in [3.8, 4) is 0 Å². The molecule has 0 amide bonds. The van der Waals surface area contributed by atoms with Gasteiger partial charge in [-0.15, -0.1) is 0 Å². The molecule has 1 saturated carbocycles. The Bertz CT molecular complexity index is 376. The van der Waals surface area contributed by atoms with Gasteiger partial charge in [-0.2, -0.15) is 0 Å². The molecule has 1 N–H and O–H groups in total. The van der Waals surface area contributed by atoms with Crippen LogP contribution in [0.25, 0.3) is 0 Å². The molecule has 0 aromatic carbocycles. The van der Waals surface area contributed by atoms with E-state index in [1.165, 1.54) is 12.7 Å². The first kappa shape index (κ1) is 10.7. The lowest BCUT2D eigenvalue weighted by Crippen LogP contribution is -2.09. The fourth-order valence-electron chi connectivity index (χ4n) is 1.75. The molecule has 0 aliphatic heterocycles. The van der Waals surface area contributed by atoms with Gasteiger partial charge < -0.3 is 5.32 Å². The molecule has 0 radical (unpaired) electrons. The minimum atomic E-state index is 0.498. The number of hydrogen-bond donors (Lipinski definition) is 1. The third-order valence-electron chi connectivity index (χ3n) is 3.26. The van der Waals surface area contributed by atoms with Gasteiger partial charge in [0.05, 0.1) is 0 Å². The molecule has 15 heavy (non-hydrogen) atoms. The molecule has 4 heteroatoms. The molecule has 1 aromatic heterocycles. The van der Waals surface area contributed by atoms with Gasteiger partial charge >= 0.3 is 0 Å². The first-order chi connectivity index (χ1) is 7.00. The molecule has 3 nitrogen and oxygen atoms in total. The Labute approximate surface area is 95.3 Å². The summed E-state index contributed by atoms with van der Waals surface area (Å²) in [5.41, 5.74) is 1.43. The average molecular weight is 226 g/mol. The van der Waals surface area contributed by atoms with Crippen LogP contribution in [0.1, 0.15) is 25.8 Å². The van der Waals surface area contributed by atoms with Gasteiger partial charge in [-0.3, -0.25) is 0 Å². The standard InChI is InChI=1S/C11H16ClN3/c1-7-9(12)14-6-15-10(7)13-5-8-4-11(8,2)3/h6,8H,4-5H2,1-3H3,(H,13,14,15). The van der Waals surface area contributed by atoms with Crippen LogP contribution in [0.15, 0.2) is 6.33 Å². The predicted octanol–water partition coefficient (Wildman–Crippen LogP) is 2.90. The van der Waals surface area contributed by atoms with Crippen LogP contribution in [0.2, 0.25) is 5.15 Å². The summed E-state index contributed by atoms with van der Waals surface area (Å²) in [7, 11) is 0. The highest BCUT2D eigenvalue weighted by atomic mass is 35.5. The maximum absolute atomic E-state index is 5.91. The van der Waals surface area contributed by atoms with E-state index in [-0.39, 0.29) is 0 Å². The molecule has 1 atom stereocenters. The van der Waals surface area contributed by atoms with Crippen molar-refractivity contribution in [3.05, 3.63) is 17.0 Å². The van der Waals surface area contributed by atoms with Crippen molar-refractivity contribution in [2.75, 3.05) is 11.9 Å². The van der Waals surface area contributed by atoms with Gasteiger partial charge in [0.15, 0.2) is 0 Å². The van der Waals surface area contributed by atoms with Crippen LogP contribution >= 0.6 is 11.6 Å². The monoisotopic (exact) mass is 225 g/mol. The van der Waals surface area contributed by atoms with Crippen LogP contribution < -0.4 is 5.32 Å². The summed E-state index contributed by atoms with van der Waals surface area (Å²) in [5.74, 6) is 1.61. The Morgan fingerprint density at radius 1 is 1.53 bits per heavy atom. The summed E-state index contributed by atoms with van der Waals surface area (Å²) >= 11 is 5.91. The van der Waals surface area contributed by atoms with Gasteiger partial charge in [0.2, 0.25) is 0 Å². The molecule has 1 aliphatic rings. The molecule has 1 heterocycles. The van der Waals surface area contributed by atoms with Crippen LogP contribution in [0.3, 0.4) is 0 Å². The highest BCUT2D eigenvalue weighted by Crippen LogP contribution is 2.51. The molecule has 1 aliphatic carbocycles. The zero-order valence-electron chi connectivity index (χ0n) is 9.34. The van der Waals surface area contributed by atoms with E-state index in [0.29, 0.717) is 10.6 Å². The average Bonchev–Trinajstić information content (AvgIpc) is 2.77. The van der Waals surface area contributed by atoms with Crippen molar-refractivity contribution in [1.29, 1.82) is 0 Å². The maximum Gasteiger partial charge on any atom is 0.137 e. The summed E-state index contributed by atoms with van der Waals surface area (Å²) in [5, 5.41) is 3.87. The molecule has 1 unspecified atom stereocenters. The molecule has 82 valence electrons. The lowest BCUT2D eigenvalue weighted by atomic mass is 10.1. The van der Waals surface area contributed by atoms with E-state index < -0.39 is 0 Å². The van der Waals surface area contributed by atoms with E-state index in [4.69, 9.17) is 11.6 Å². The number of hydrogen-bond acceptors (Lipinski definition) is 3. The molecule has 0 bridgehead atoms. The second-order valence-electron chi connectivity index (χ2n) is 4.91. The van der Waals surface area contributed by atoms with E-state index in [2.05, 4.69) is 29.1 Å². The Kier molecular flexibility index (Phi) is 2.59. The SMILES string of the molecule is Cc1c(Cl)ncnc1NCC1CC1(C)C. The molecule has 1 aromatic rings. The summed E-state index contributed by atoms with van der Waals surface area (Å²) in [6.45, 7) is 7.49. The predicted molar refractivity (Wildman–Crippen MR) is 62.2 cm³/mol. The van der Waals surface area contributed by atoms with Gasteiger partial charge in [-0.25, -0.2) is 9.97 Å². The normalized spacial score (nSPS) is 22.5. The van der Waals surface area contributed by atoms with Gasteiger partial charge in [0.1, 0.15) is 17.3 Å². The van der Waals surface area contributed by atoms with Crippen LogP contribution in [-0.2, 0) is 0 Å². The zero-order valence-corrected chi connectivity index (χ0v) is 10.1. The minimum Gasteiger partial charge on any atom is -0.369 e. The quantitative estimate of drug-likeness (QED) is 0.804. The second-order valence-corrected chi connectivity index (χ2v) is 5.27. The first-order valence-corrected chi connectivity index (χ1v) is 5.59. The Morgan fingerprint density at radius 2 is 2.20 bits per heavy atom. The topological polar surface area (TPSA) is 37.8 Å². The van der Waals surface area contributed by atoms with Gasteiger partial charge in [-0.1, -0.05) is 25.4 Å². The maximum atomic E-state index is 5.91. The highest BCUT2D eigenvalue weighted by molar-refractivity contribution is 6.30. The number of rotatable bonds is 3. The van der Waals surface area contributed by atoms with Crippen LogP contribution in [0.4, 0.5) is 5.82 Å². The van der Waals surface area contributed by atoms with E-state index in [1.54, 1.807) is 0 Å². The molecule has 0 saturated heterocycles. The van der Waals surface area contributed by atoms with Crippen molar-refractivity contribution >= 4 is 17.4 Å². The second kappa shape index (κ2) is 3.63. The molecular formula is C11H16ClN3. The lowest BCUT2D eigenvalue weighted by Gasteiger charge is -2.09. The molecule has 0 spiro atoms. The van der Waals surface area contributed by atoms with E-state index in [0.717, 1.165) is 23.8 Å². The van der Waals surface area contributed by atoms with Crippen LogP contribution in [0.5, 0.6) is 0 Å². The van der Waals surface area contributed by atoms with E-state index >= 15 is 0 Å². The Hall–Kier alpha value is -0.830. The number of aromatic nitrogens is 2. The fourth-order valence-corrected chi connectivity index (χ4v) is 1.88. The van der Waals surface area contributed by atoms with Crippen LogP contribution in [-0.4, -0.2) is 16.5 Å². The molecule has 1 fully saturated rings. The van der Waals surface area contributed by atoms with Gasteiger partial charge in [0.25, 0.3) is 0 Å². The largest absolute Gasteiger partial charge is 0.369 e. The zero-order chi connectivity index (χ0) is 11.1.